The first-order valence-corrected chi connectivity index (χ1v) is 11.7. The maximum absolute atomic E-state index is 14.0. The van der Waals surface area contributed by atoms with Crippen LogP contribution in [0.2, 0.25) is 0 Å². The molecule has 0 aromatic heterocycles. The van der Waals surface area contributed by atoms with Crippen molar-refractivity contribution in [2.24, 2.45) is 0 Å². The number of para-hydroxylation sites is 1. The number of ether oxygens (including phenoxy) is 2. The molecule has 8 heteroatoms. The lowest BCUT2D eigenvalue weighted by atomic mass is 9.82. The van der Waals surface area contributed by atoms with E-state index in [1.165, 1.54) is 0 Å². The predicted octanol–water partition coefficient (Wildman–Crippen LogP) is 3.48. The van der Waals surface area contributed by atoms with Crippen molar-refractivity contribution >= 4 is 23.5 Å². The van der Waals surface area contributed by atoms with E-state index in [0.29, 0.717) is 22.6 Å². The Labute approximate surface area is 209 Å². The molecule has 184 valence electrons. The Morgan fingerprint density at radius 2 is 1.47 bits per heavy atom. The maximum Gasteiger partial charge on any atom is 0.326 e. The number of imide groups is 1. The van der Waals surface area contributed by atoms with Crippen LogP contribution < -0.4 is 19.7 Å². The van der Waals surface area contributed by atoms with Crippen molar-refractivity contribution < 1.29 is 23.9 Å². The molecular formula is C28H27N3O5. The average Bonchev–Trinajstić information content (AvgIpc) is 3.37. The predicted molar refractivity (Wildman–Crippen MR) is 134 cm³/mol. The second-order valence-electron chi connectivity index (χ2n) is 8.97. The van der Waals surface area contributed by atoms with E-state index in [9.17, 15) is 14.4 Å². The van der Waals surface area contributed by atoms with Crippen LogP contribution in [-0.2, 0) is 21.5 Å². The third-order valence-electron chi connectivity index (χ3n) is 6.92. The molecule has 2 aliphatic rings. The fraction of sp³-hybridized carbons (Fsp3) is 0.250. The zero-order valence-electron chi connectivity index (χ0n) is 20.4. The first-order valence-electron chi connectivity index (χ1n) is 11.7. The Morgan fingerprint density at radius 3 is 2.03 bits per heavy atom. The van der Waals surface area contributed by atoms with Crippen molar-refractivity contribution in [3.8, 4) is 11.5 Å². The summed E-state index contributed by atoms with van der Waals surface area (Å²) in [6.07, 6.45) is 0.726. The lowest BCUT2D eigenvalue weighted by Gasteiger charge is -2.29. The molecular weight excluding hydrogens is 458 g/mol. The molecule has 0 saturated carbocycles. The van der Waals surface area contributed by atoms with E-state index in [1.54, 1.807) is 67.7 Å². The van der Waals surface area contributed by atoms with E-state index in [0.717, 1.165) is 22.6 Å². The van der Waals surface area contributed by atoms with Crippen molar-refractivity contribution in [3.63, 3.8) is 0 Å². The molecule has 2 heterocycles. The number of carbonyl (C=O) groups excluding carboxylic acids is 3. The van der Waals surface area contributed by atoms with Crippen LogP contribution in [0, 0.1) is 0 Å². The van der Waals surface area contributed by atoms with Gasteiger partial charge >= 0.3 is 6.03 Å². The Morgan fingerprint density at radius 1 is 0.917 bits per heavy atom. The van der Waals surface area contributed by atoms with Gasteiger partial charge in [-0.1, -0.05) is 42.5 Å². The van der Waals surface area contributed by atoms with Gasteiger partial charge in [-0.15, -0.1) is 0 Å². The van der Waals surface area contributed by atoms with Crippen molar-refractivity contribution in [3.05, 3.63) is 89.5 Å². The first-order chi connectivity index (χ1) is 17.4. The minimum atomic E-state index is -1.50. The number of fused-ring (bicyclic) bond motifs is 1. The van der Waals surface area contributed by atoms with Crippen LogP contribution in [0.1, 0.15) is 23.6 Å². The summed E-state index contributed by atoms with van der Waals surface area (Å²) in [7, 11) is 3.11. The Hall–Kier alpha value is -4.33. The van der Waals surface area contributed by atoms with Crippen molar-refractivity contribution in [1.82, 2.24) is 10.2 Å². The molecule has 0 radical (unpaired) electrons. The van der Waals surface area contributed by atoms with E-state index < -0.39 is 17.5 Å². The summed E-state index contributed by atoms with van der Waals surface area (Å²) < 4.78 is 10.5. The molecule has 2 aliphatic heterocycles. The first kappa shape index (κ1) is 23.4. The number of carbonyl (C=O) groups is 3. The van der Waals surface area contributed by atoms with Gasteiger partial charge in [-0.3, -0.25) is 14.5 Å². The molecule has 36 heavy (non-hydrogen) atoms. The molecule has 0 aliphatic carbocycles. The highest BCUT2D eigenvalue weighted by Crippen LogP contribution is 2.38. The molecule has 4 amide bonds. The van der Waals surface area contributed by atoms with E-state index in [-0.39, 0.29) is 18.5 Å². The van der Waals surface area contributed by atoms with Gasteiger partial charge < -0.3 is 19.7 Å². The highest BCUT2D eigenvalue weighted by molar-refractivity contribution is 6.12. The van der Waals surface area contributed by atoms with Crippen LogP contribution in [0.15, 0.2) is 72.8 Å². The second-order valence-corrected chi connectivity index (χ2v) is 8.97. The standard InChI is InChI=1S/C28H27N3O5/c1-18-16-19-6-4-5-7-24(19)31(18)25(32)17-30-26(33)28(29-27(30)34,20-8-12-22(35-2)13-9-20)21-10-14-23(36-3)15-11-21/h4-15,18H,16-17H2,1-3H3,(H,29,34)/t18-/m1/s1. The summed E-state index contributed by atoms with van der Waals surface area (Å²) in [5.74, 6) is 0.413. The quantitative estimate of drug-likeness (QED) is 0.540. The SMILES string of the molecule is COc1ccc(C2(c3ccc(OC)cc3)NC(=O)N(CC(=O)N3c4ccccc4C[C@H]3C)C2=O)cc1. The smallest absolute Gasteiger partial charge is 0.326 e. The van der Waals surface area contributed by atoms with Crippen molar-refractivity contribution in [1.29, 1.82) is 0 Å². The van der Waals surface area contributed by atoms with Gasteiger partial charge in [-0.05, 0) is 60.4 Å². The monoisotopic (exact) mass is 485 g/mol. The van der Waals surface area contributed by atoms with Gasteiger partial charge in [0.05, 0.1) is 14.2 Å². The van der Waals surface area contributed by atoms with Gasteiger partial charge in [0.2, 0.25) is 5.91 Å². The molecule has 3 aromatic rings. The summed E-state index contributed by atoms with van der Waals surface area (Å²) in [4.78, 5) is 43.4. The van der Waals surface area contributed by atoms with E-state index in [2.05, 4.69) is 5.32 Å². The summed E-state index contributed by atoms with van der Waals surface area (Å²) in [6, 6.07) is 20.9. The second kappa shape index (κ2) is 9.03. The third kappa shape index (κ3) is 3.66. The molecule has 0 spiro atoms. The fourth-order valence-corrected chi connectivity index (χ4v) is 5.12. The van der Waals surface area contributed by atoms with Crippen LogP contribution in [0.5, 0.6) is 11.5 Å². The molecule has 1 saturated heterocycles. The van der Waals surface area contributed by atoms with Crippen LogP contribution in [0.25, 0.3) is 0 Å². The summed E-state index contributed by atoms with van der Waals surface area (Å²) in [6.45, 7) is 1.60. The molecule has 5 rings (SSSR count). The maximum atomic E-state index is 14.0. The van der Waals surface area contributed by atoms with Gasteiger partial charge in [-0.25, -0.2) is 4.79 Å². The van der Waals surface area contributed by atoms with Gasteiger partial charge in [0, 0.05) is 11.7 Å². The number of rotatable bonds is 6. The number of hydrogen-bond donors (Lipinski definition) is 1. The molecule has 3 aromatic carbocycles. The van der Waals surface area contributed by atoms with Crippen molar-refractivity contribution in [2.45, 2.75) is 24.9 Å². The van der Waals surface area contributed by atoms with Gasteiger partial charge in [-0.2, -0.15) is 0 Å². The van der Waals surface area contributed by atoms with Crippen LogP contribution in [0.3, 0.4) is 0 Å². The Kier molecular flexibility index (Phi) is 5.88. The zero-order chi connectivity index (χ0) is 25.4. The molecule has 1 N–H and O–H groups in total. The van der Waals surface area contributed by atoms with Crippen molar-refractivity contribution in [2.75, 3.05) is 25.7 Å². The number of amides is 4. The lowest BCUT2D eigenvalue weighted by Crippen LogP contribution is -2.47. The Balaban J connectivity index is 1.51. The highest BCUT2D eigenvalue weighted by atomic mass is 16.5. The molecule has 1 fully saturated rings. The fourth-order valence-electron chi connectivity index (χ4n) is 5.12. The Bertz CT molecular complexity index is 1270. The van der Waals surface area contributed by atoms with Crippen LogP contribution in [0.4, 0.5) is 10.5 Å². The zero-order valence-corrected chi connectivity index (χ0v) is 20.4. The van der Waals surface area contributed by atoms with E-state index >= 15 is 0 Å². The van der Waals surface area contributed by atoms with Gasteiger partial charge in [0.15, 0.2) is 5.54 Å². The van der Waals surface area contributed by atoms with E-state index in [4.69, 9.17) is 9.47 Å². The number of urea groups is 1. The average molecular weight is 486 g/mol. The van der Waals surface area contributed by atoms with Gasteiger partial charge in [0.1, 0.15) is 18.0 Å². The molecule has 1 atom stereocenters. The molecule has 8 nitrogen and oxygen atoms in total. The topological polar surface area (TPSA) is 88.2 Å². The number of benzene rings is 3. The lowest BCUT2D eigenvalue weighted by molar-refractivity contribution is -0.133. The summed E-state index contributed by atoms with van der Waals surface area (Å²) in [5, 5.41) is 2.89. The van der Waals surface area contributed by atoms with Gasteiger partial charge in [0.25, 0.3) is 5.91 Å². The number of hydrogen-bond acceptors (Lipinski definition) is 5. The molecule has 0 unspecified atom stereocenters. The summed E-state index contributed by atoms with van der Waals surface area (Å²) >= 11 is 0. The minimum absolute atomic E-state index is 0.0661. The largest absolute Gasteiger partial charge is 0.497 e. The number of nitrogens with zero attached hydrogens (tertiary/aromatic N) is 2. The van der Waals surface area contributed by atoms with Crippen LogP contribution >= 0.6 is 0 Å². The number of nitrogens with one attached hydrogen (secondary N) is 1. The highest BCUT2D eigenvalue weighted by Gasteiger charge is 2.54. The molecule has 0 bridgehead atoms. The normalized spacial score (nSPS) is 18.1. The number of methoxy groups -OCH3 is 2. The minimum Gasteiger partial charge on any atom is -0.497 e. The third-order valence-corrected chi connectivity index (χ3v) is 6.92. The van der Waals surface area contributed by atoms with Crippen LogP contribution in [-0.4, -0.2) is 49.6 Å². The summed E-state index contributed by atoms with van der Waals surface area (Å²) in [5.41, 5.74) is 1.51. The van der Waals surface area contributed by atoms with E-state index in [1.807, 2.05) is 31.2 Å². The number of anilines is 1.